The molecule has 6 nitrogen and oxygen atoms in total. The van der Waals surface area contributed by atoms with E-state index in [1.54, 1.807) is 13.1 Å². The molecule has 0 saturated heterocycles. The number of carboxylic acids is 1. The van der Waals surface area contributed by atoms with E-state index in [2.05, 4.69) is 15.6 Å². The average molecular weight is 275 g/mol. The van der Waals surface area contributed by atoms with Gasteiger partial charge in [0.15, 0.2) is 0 Å². The Kier molecular flexibility index (Phi) is 4.24. The number of carboxylic acid groups (broad SMARTS) is 1. The normalized spacial score (nSPS) is 12.1. The van der Waals surface area contributed by atoms with Gasteiger partial charge in [-0.25, -0.2) is 9.59 Å². The van der Waals surface area contributed by atoms with E-state index < -0.39 is 18.0 Å². The minimum atomic E-state index is -1.05. The lowest BCUT2D eigenvalue weighted by molar-refractivity contribution is -0.139. The summed E-state index contributed by atoms with van der Waals surface area (Å²) in [6, 6.07) is 6.22. The van der Waals surface area contributed by atoms with E-state index in [9.17, 15) is 14.7 Å². The molecule has 1 aromatic heterocycles. The molecule has 0 saturated carbocycles. The summed E-state index contributed by atoms with van der Waals surface area (Å²) in [7, 11) is 0. The Labute approximate surface area is 116 Å². The van der Waals surface area contributed by atoms with E-state index in [1.807, 2.05) is 24.3 Å². The molecule has 0 radical (unpaired) electrons. The lowest BCUT2D eigenvalue weighted by Crippen LogP contribution is -2.47. The summed E-state index contributed by atoms with van der Waals surface area (Å²) in [6.45, 7) is 2.22. The van der Waals surface area contributed by atoms with Gasteiger partial charge in [0.05, 0.1) is 0 Å². The number of carbonyl (C=O) groups is 2. The van der Waals surface area contributed by atoms with Gasteiger partial charge in [-0.2, -0.15) is 0 Å². The van der Waals surface area contributed by atoms with Crippen LogP contribution in [-0.4, -0.2) is 34.7 Å². The lowest BCUT2D eigenvalue weighted by Gasteiger charge is -2.14. The fourth-order valence-electron chi connectivity index (χ4n) is 2.09. The van der Waals surface area contributed by atoms with Crippen molar-refractivity contribution in [1.29, 1.82) is 0 Å². The first-order valence-electron chi connectivity index (χ1n) is 6.44. The highest BCUT2D eigenvalue weighted by Gasteiger charge is 2.21. The number of carbonyl (C=O) groups excluding carboxylic acids is 1. The lowest BCUT2D eigenvalue weighted by atomic mass is 10.1. The number of urea groups is 1. The highest BCUT2D eigenvalue weighted by Crippen LogP contribution is 2.19. The predicted molar refractivity (Wildman–Crippen MR) is 75.6 cm³/mol. The summed E-state index contributed by atoms with van der Waals surface area (Å²) < 4.78 is 0. The maximum atomic E-state index is 11.5. The van der Waals surface area contributed by atoms with Gasteiger partial charge in [0, 0.05) is 30.1 Å². The fourth-order valence-corrected chi connectivity index (χ4v) is 2.09. The molecule has 106 valence electrons. The second kappa shape index (κ2) is 6.10. The van der Waals surface area contributed by atoms with Crippen LogP contribution < -0.4 is 10.6 Å². The molecule has 4 N–H and O–H groups in total. The summed E-state index contributed by atoms with van der Waals surface area (Å²) >= 11 is 0. The largest absolute Gasteiger partial charge is 0.480 e. The Morgan fingerprint density at radius 1 is 1.35 bits per heavy atom. The van der Waals surface area contributed by atoms with E-state index >= 15 is 0 Å². The first kappa shape index (κ1) is 13.9. The molecule has 1 heterocycles. The number of hydrogen-bond acceptors (Lipinski definition) is 2. The summed E-state index contributed by atoms with van der Waals surface area (Å²) in [4.78, 5) is 25.8. The summed E-state index contributed by atoms with van der Waals surface area (Å²) in [6.07, 6.45) is 2.01. The van der Waals surface area contributed by atoms with Gasteiger partial charge >= 0.3 is 12.0 Å². The van der Waals surface area contributed by atoms with Gasteiger partial charge in [0.25, 0.3) is 0 Å². The SMILES string of the molecule is CCNC(=O)N[C@H](Cc1c[nH]c2ccccc12)C(=O)O. The van der Waals surface area contributed by atoms with E-state index in [1.165, 1.54) is 0 Å². The summed E-state index contributed by atoms with van der Waals surface area (Å²) in [5, 5.41) is 15.2. The molecule has 2 aromatic rings. The van der Waals surface area contributed by atoms with Crippen LogP contribution in [-0.2, 0) is 11.2 Å². The topological polar surface area (TPSA) is 94.2 Å². The number of amides is 2. The third-order valence-corrected chi connectivity index (χ3v) is 3.04. The third-order valence-electron chi connectivity index (χ3n) is 3.04. The standard InChI is InChI=1S/C14H17N3O3/c1-2-15-14(20)17-12(13(18)19)7-9-8-16-11-6-4-3-5-10(9)11/h3-6,8,12,16H,2,7H2,1H3,(H,18,19)(H2,15,17,20)/t12-/m1/s1. The number of benzene rings is 1. The van der Waals surface area contributed by atoms with Crippen LogP contribution in [0.1, 0.15) is 12.5 Å². The van der Waals surface area contributed by atoms with Crippen molar-refractivity contribution < 1.29 is 14.7 Å². The minimum Gasteiger partial charge on any atom is -0.480 e. The van der Waals surface area contributed by atoms with Crippen LogP contribution in [0.25, 0.3) is 10.9 Å². The third kappa shape index (κ3) is 3.09. The van der Waals surface area contributed by atoms with Crippen LogP contribution in [0.15, 0.2) is 30.5 Å². The fraction of sp³-hybridized carbons (Fsp3) is 0.286. The first-order valence-corrected chi connectivity index (χ1v) is 6.44. The molecule has 0 aliphatic carbocycles. The Hall–Kier alpha value is -2.50. The molecule has 0 aliphatic heterocycles. The van der Waals surface area contributed by atoms with Crippen LogP contribution >= 0.6 is 0 Å². The van der Waals surface area contributed by atoms with Crippen LogP contribution in [0, 0.1) is 0 Å². The van der Waals surface area contributed by atoms with Gasteiger partial charge in [-0.3, -0.25) is 0 Å². The molecule has 1 aromatic carbocycles. The van der Waals surface area contributed by atoms with E-state index in [0.29, 0.717) is 6.54 Å². The number of fused-ring (bicyclic) bond motifs is 1. The molecule has 2 amide bonds. The molecule has 6 heteroatoms. The van der Waals surface area contributed by atoms with E-state index in [4.69, 9.17) is 0 Å². The van der Waals surface area contributed by atoms with Crippen LogP contribution in [0.5, 0.6) is 0 Å². The Balaban J connectivity index is 2.15. The van der Waals surface area contributed by atoms with Crippen molar-refractivity contribution in [1.82, 2.24) is 15.6 Å². The van der Waals surface area contributed by atoms with Crippen molar-refractivity contribution in [2.45, 2.75) is 19.4 Å². The highest BCUT2D eigenvalue weighted by atomic mass is 16.4. The van der Waals surface area contributed by atoms with Crippen molar-refractivity contribution in [2.75, 3.05) is 6.54 Å². The Morgan fingerprint density at radius 3 is 2.80 bits per heavy atom. The second-order valence-corrected chi connectivity index (χ2v) is 4.46. The molecule has 0 spiro atoms. The maximum absolute atomic E-state index is 11.5. The van der Waals surface area contributed by atoms with E-state index in [-0.39, 0.29) is 6.42 Å². The number of H-pyrrole nitrogens is 1. The molecule has 1 atom stereocenters. The van der Waals surface area contributed by atoms with Gasteiger partial charge in [-0.1, -0.05) is 18.2 Å². The number of para-hydroxylation sites is 1. The number of aromatic nitrogens is 1. The smallest absolute Gasteiger partial charge is 0.326 e. The molecule has 20 heavy (non-hydrogen) atoms. The molecule has 0 unspecified atom stereocenters. The monoisotopic (exact) mass is 275 g/mol. The molecule has 0 aliphatic rings. The minimum absolute atomic E-state index is 0.233. The van der Waals surface area contributed by atoms with Crippen LogP contribution in [0.4, 0.5) is 4.79 Å². The van der Waals surface area contributed by atoms with Crippen molar-refractivity contribution >= 4 is 22.9 Å². The van der Waals surface area contributed by atoms with Crippen molar-refractivity contribution in [3.63, 3.8) is 0 Å². The second-order valence-electron chi connectivity index (χ2n) is 4.46. The molecular weight excluding hydrogens is 258 g/mol. The zero-order valence-corrected chi connectivity index (χ0v) is 11.1. The van der Waals surface area contributed by atoms with E-state index in [0.717, 1.165) is 16.5 Å². The number of aromatic amines is 1. The van der Waals surface area contributed by atoms with Crippen LogP contribution in [0.3, 0.4) is 0 Å². The number of hydrogen-bond donors (Lipinski definition) is 4. The van der Waals surface area contributed by atoms with Crippen LogP contribution in [0.2, 0.25) is 0 Å². The Bertz CT molecular complexity index is 621. The number of nitrogens with one attached hydrogen (secondary N) is 3. The zero-order valence-electron chi connectivity index (χ0n) is 11.1. The number of rotatable bonds is 5. The highest BCUT2D eigenvalue weighted by molar-refractivity contribution is 5.86. The van der Waals surface area contributed by atoms with Crippen molar-refractivity contribution in [3.8, 4) is 0 Å². The Morgan fingerprint density at radius 2 is 2.10 bits per heavy atom. The molecular formula is C14H17N3O3. The summed E-state index contributed by atoms with van der Waals surface area (Å²) in [5.74, 6) is -1.05. The van der Waals surface area contributed by atoms with Gasteiger partial charge in [-0.15, -0.1) is 0 Å². The average Bonchev–Trinajstić information content (AvgIpc) is 2.82. The first-order chi connectivity index (χ1) is 9.61. The maximum Gasteiger partial charge on any atom is 0.326 e. The van der Waals surface area contributed by atoms with Crippen molar-refractivity contribution in [2.24, 2.45) is 0 Å². The predicted octanol–water partition coefficient (Wildman–Crippen LogP) is 1.48. The van der Waals surface area contributed by atoms with Crippen molar-refractivity contribution in [3.05, 3.63) is 36.0 Å². The molecule has 0 fully saturated rings. The van der Waals surface area contributed by atoms with Gasteiger partial charge in [0.1, 0.15) is 6.04 Å². The van der Waals surface area contributed by atoms with Gasteiger partial charge < -0.3 is 20.7 Å². The summed E-state index contributed by atoms with van der Waals surface area (Å²) in [5.41, 5.74) is 1.81. The molecule has 2 rings (SSSR count). The number of aliphatic carboxylic acids is 1. The zero-order chi connectivity index (χ0) is 14.5. The van der Waals surface area contributed by atoms with Gasteiger partial charge in [0.2, 0.25) is 0 Å². The quantitative estimate of drug-likeness (QED) is 0.665. The van der Waals surface area contributed by atoms with Gasteiger partial charge in [-0.05, 0) is 18.6 Å². The molecule has 0 bridgehead atoms.